The molecular formula is C16H18FN5O. The van der Waals surface area contributed by atoms with Crippen molar-refractivity contribution in [3.8, 4) is 0 Å². The zero-order chi connectivity index (χ0) is 16.2. The Balaban J connectivity index is 1.57. The molecule has 6 nitrogen and oxygen atoms in total. The van der Waals surface area contributed by atoms with Gasteiger partial charge in [0, 0.05) is 13.1 Å². The van der Waals surface area contributed by atoms with E-state index in [0.717, 1.165) is 36.5 Å². The van der Waals surface area contributed by atoms with Gasteiger partial charge in [-0.05, 0) is 35.6 Å². The van der Waals surface area contributed by atoms with Gasteiger partial charge in [0.15, 0.2) is 11.5 Å². The van der Waals surface area contributed by atoms with Crippen molar-refractivity contribution in [2.75, 3.05) is 18.0 Å². The number of rotatable bonds is 5. The maximum absolute atomic E-state index is 13.0. The summed E-state index contributed by atoms with van der Waals surface area (Å²) in [6, 6.07) is 11.0. The van der Waals surface area contributed by atoms with Crippen LogP contribution in [0.15, 0.2) is 36.4 Å². The third-order valence-corrected chi connectivity index (χ3v) is 4.07. The Labute approximate surface area is 133 Å². The van der Waals surface area contributed by atoms with Gasteiger partial charge in [-0.2, -0.15) is 0 Å². The maximum atomic E-state index is 13.0. The highest BCUT2D eigenvalue weighted by molar-refractivity contribution is 5.91. The Kier molecular flexibility index (Phi) is 4.47. The van der Waals surface area contributed by atoms with E-state index in [-0.39, 0.29) is 5.69 Å². The summed E-state index contributed by atoms with van der Waals surface area (Å²) in [5.74, 6) is 5.78. The number of benzene rings is 1. The van der Waals surface area contributed by atoms with Crippen LogP contribution in [0.2, 0.25) is 0 Å². The summed E-state index contributed by atoms with van der Waals surface area (Å²) >= 11 is 0. The van der Waals surface area contributed by atoms with Crippen LogP contribution in [0.5, 0.6) is 0 Å². The molecule has 0 atom stereocenters. The lowest BCUT2D eigenvalue weighted by atomic mass is 9.90. The molecule has 3 N–H and O–H groups in total. The number of hydrazine groups is 1. The lowest BCUT2D eigenvalue weighted by molar-refractivity contribution is 0.0947. The number of hydrogen-bond acceptors (Lipinski definition) is 5. The topological polar surface area (TPSA) is 84.1 Å². The molecule has 120 valence electrons. The van der Waals surface area contributed by atoms with Crippen LogP contribution in [-0.2, 0) is 13.1 Å². The third-order valence-electron chi connectivity index (χ3n) is 4.07. The lowest BCUT2D eigenvalue weighted by Gasteiger charge is -2.40. The van der Waals surface area contributed by atoms with Gasteiger partial charge < -0.3 is 4.90 Å². The second-order valence-electron chi connectivity index (χ2n) is 5.63. The Bertz CT molecular complexity index is 685. The standard InChI is InChI=1S/C16H18FN5O/c17-8-13-4-2-1-3-12(13)7-11-9-22(10-11)15-6-5-14(20-21-15)16(23)19-18/h1-6,11H,7-10,18H2,(H,19,23). The number of anilines is 1. The lowest BCUT2D eigenvalue weighted by Crippen LogP contribution is -2.48. The fourth-order valence-corrected chi connectivity index (χ4v) is 2.77. The van der Waals surface area contributed by atoms with Crippen LogP contribution < -0.4 is 16.2 Å². The minimum Gasteiger partial charge on any atom is -0.354 e. The van der Waals surface area contributed by atoms with Gasteiger partial charge >= 0.3 is 0 Å². The van der Waals surface area contributed by atoms with Crippen LogP contribution in [0.4, 0.5) is 10.2 Å². The van der Waals surface area contributed by atoms with Gasteiger partial charge in [0.05, 0.1) is 0 Å². The van der Waals surface area contributed by atoms with Crippen molar-refractivity contribution in [2.45, 2.75) is 13.1 Å². The molecule has 0 bridgehead atoms. The molecule has 0 aliphatic carbocycles. The predicted octanol–water partition coefficient (Wildman–Crippen LogP) is 1.23. The minimum absolute atomic E-state index is 0.185. The summed E-state index contributed by atoms with van der Waals surface area (Å²) in [6.45, 7) is 1.26. The molecule has 7 heteroatoms. The molecule has 1 aromatic heterocycles. The van der Waals surface area contributed by atoms with Gasteiger partial charge in [0.2, 0.25) is 0 Å². The monoisotopic (exact) mass is 315 g/mol. The van der Waals surface area contributed by atoms with E-state index in [9.17, 15) is 9.18 Å². The van der Waals surface area contributed by atoms with Crippen molar-refractivity contribution in [2.24, 2.45) is 11.8 Å². The molecular weight excluding hydrogens is 297 g/mol. The molecule has 0 radical (unpaired) electrons. The SMILES string of the molecule is NNC(=O)c1ccc(N2CC(Cc3ccccc3CF)C2)nn1. The number of nitrogens with one attached hydrogen (secondary N) is 1. The average Bonchev–Trinajstić information content (AvgIpc) is 2.57. The van der Waals surface area contributed by atoms with Gasteiger partial charge in [-0.15, -0.1) is 10.2 Å². The fraction of sp³-hybridized carbons (Fsp3) is 0.312. The van der Waals surface area contributed by atoms with Crippen molar-refractivity contribution in [1.82, 2.24) is 15.6 Å². The molecule has 1 aliphatic rings. The van der Waals surface area contributed by atoms with E-state index in [1.165, 1.54) is 0 Å². The van der Waals surface area contributed by atoms with E-state index in [2.05, 4.69) is 15.1 Å². The first-order valence-electron chi connectivity index (χ1n) is 7.43. The molecule has 0 unspecified atom stereocenters. The van der Waals surface area contributed by atoms with E-state index < -0.39 is 12.6 Å². The van der Waals surface area contributed by atoms with Crippen molar-refractivity contribution in [3.63, 3.8) is 0 Å². The first-order chi connectivity index (χ1) is 11.2. The molecule has 1 amide bonds. The number of halogens is 1. The number of alkyl halides is 1. The Morgan fingerprint density at radius 2 is 1.96 bits per heavy atom. The second kappa shape index (κ2) is 6.70. The Morgan fingerprint density at radius 3 is 2.57 bits per heavy atom. The smallest absolute Gasteiger partial charge is 0.285 e. The van der Waals surface area contributed by atoms with Gasteiger partial charge in [0.1, 0.15) is 6.67 Å². The molecule has 23 heavy (non-hydrogen) atoms. The molecule has 0 spiro atoms. The number of hydrogen-bond donors (Lipinski definition) is 2. The van der Waals surface area contributed by atoms with Gasteiger partial charge in [-0.1, -0.05) is 24.3 Å². The van der Waals surface area contributed by atoms with Crippen LogP contribution >= 0.6 is 0 Å². The maximum Gasteiger partial charge on any atom is 0.285 e. The number of nitrogens with zero attached hydrogens (tertiary/aromatic N) is 3. The summed E-state index contributed by atoms with van der Waals surface area (Å²) in [4.78, 5) is 13.4. The number of aromatic nitrogens is 2. The van der Waals surface area contributed by atoms with Crippen LogP contribution in [0.1, 0.15) is 21.6 Å². The summed E-state index contributed by atoms with van der Waals surface area (Å²) in [7, 11) is 0. The number of carbonyl (C=O) groups excluding carboxylic acids is 1. The van der Waals surface area contributed by atoms with Crippen LogP contribution in [0, 0.1) is 5.92 Å². The molecule has 1 saturated heterocycles. The highest BCUT2D eigenvalue weighted by Crippen LogP contribution is 2.26. The summed E-state index contributed by atoms with van der Waals surface area (Å²) < 4.78 is 13.0. The third kappa shape index (κ3) is 3.29. The van der Waals surface area contributed by atoms with Crippen molar-refractivity contribution in [3.05, 3.63) is 53.2 Å². The van der Waals surface area contributed by atoms with E-state index in [4.69, 9.17) is 5.84 Å². The van der Waals surface area contributed by atoms with Gasteiger partial charge in [-0.3, -0.25) is 10.2 Å². The minimum atomic E-state index is -0.464. The zero-order valence-corrected chi connectivity index (χ0v) is 12.6. The summed E-state index contributed by atoms with van der Waals surface area (Å²) in [5, 5.41) is 7.90. The second-order valence-corrected chi connectivity index (χ2v) is 5.63. The molecule has 3 rings (SSSR count). The molecule has 1 aromatic carbocycles. The number of nitrogen functional groups attached to an aromatic ring is 1. The van der Waals surface area contributed by atoms with E-state index >= 15 is 0 Å². The van der Waals surface area contributed by atoms with Crippen LogP contribution in [0.25, 0.3) is 0 Å². The predicted molar refractivity (Wildman–Crippen MR) is 84.3 cm³/mol. The normalized spacial score (nSPS) is 14.4. The molecule has 0 saturated carbocycles. The molecule has 1 fully saturated rings. The number of carbonyl (C=O) groups is 1. The first kappa shape index (κ1) is 15.4. The molecule has 2 aromatic rings. The van der Waals surface area contributed by atoms with Crippen molar-refractivity contribution < 1.29 is 9.18 Å². The van der Waals surface area contributed by atoms with Gasteiger partial charge in [0.25, 0.3) is 5.91 Å². The largest absolute Gasteiger partial charge is 0.354 e. The van der Waals surface area contributed by atoms with E-state index in [0.29, 0.717) is 5.92 Å². The first-order valence-corrected chi connectivity index (χ1v) is 7.43. The number of amides is 1. The summed E-state index contributed by atoms with van der Waals surface area (Å²) in [5.41, 5.74) is 4.04. The molecule has 2 heterocycles. The fourth-order valence-electron chi connectivity index (χ4n) is 2.77. The molecule has 1 aliphatic heterocycles. The van der Waals surface area contributed by atoms with E-state index in [1.807, 2.05) is 29.7 Å². The Hall–Kier alpha value is -2.54. The van der Waals surface area contributed by atoms with Gasteiger partial charge in [-0.25, -0.2) is 10.2 Å². The zero-order valence-electron chi connectivity index (χ0n) is 12.6. The number of nitrogens with two attached hydrogens (primary N) is 1. The van der Waals surface area contributed by atoms with Crippen molar-refractivity contribution >= 4 is 11.7 Å². The Morgan fingerprint density at radius 1 is 1.22 bits per heavy atom. The van der Waals surface area contributed by atoms with Crippen LogP contribution in [0.3, 0.4) is 0 Å². The summed E-state index contributed by atoms with van der Waals surface area (Å²) in [6.07, 6.45) is 0.859. The highest BCUT2D eigenvalue weighted by Gasteiger charge is 2.28. The quantitative estimate of drug-likeness (QED) is 0.492. The highest BCUT2D eigenvalue weighted by atomic mass is 19.1. The van der Waals surface area contributed by atoms with Crippen LogP contribution in [-0.4, -0.2) is 29.2 Å². The van der Waals surface area contributed by atoms with E-state index in [1.54, 1.807) is 12.1 Å². The average molecular weight is 315 g/mol. The van der Waals surface area contributed by atoms with Crippen molar-refractivity contribution in [1.29, 1.82) is 0 Å².